The Bertz CT molecular complexity index is 1150. The summed E-state index contributed by atoms with van der Waals surface area (Å²) in [5, 5.41) is 0.824. The average molecular weight is 360 g/mol. The van der Waals surface area contributed by atoms with Crippen LogP contribution in [0.25, 0.3) is 22.1 Å². The smallest absolute Gasteiger partial charge is 0.344 e. The molecule has 0 saturated carbocycles. The van der Waals surface area contributed by atoms with Crippen molar-refractivity contribution < 1.29 is 13.5 Å². The van der Waals surface area contributed by atoms with Gasteiger partial charge in [0.05, 0.1) is 5.56 Å². The van der Waals surface area contributed by atoms with E-state index in [0.29, 0.717) is 23.5 Å². The Balaban J connectivity index is 1.70. The average Bonchev–Trinajstić information content (AvgIpc) is 2.69. The first-order valence-corrected chi connectivity index (χ1v) is 8.62. The standard InChI is InChI=1S/C23H17FO3/c1-15-20-13-19(26-14-16-7-9-18(24)10-8-16)11-12-21(20)27-23(25)22(15)17-5-3-2-4-6-17/h2-13H,14H2,1H3. The summed E-state index contributed by atoms with van der Waals surface area (Å²) < 4.78 is 24.3. The van der Waals surface area contributed by atoms with Gasteiger partial charge in [-0.25, -0.2) is 9.18 Å². The van der Waals surface area contributed by atoms with Crippen LogP contribution in [0.5, 0.6) is 5.75 Å². The predicted molar refractivity (Wildman–Crippen MR) is 103 cm³/mol. The van der Waals surface area contributed by atoms with Crippen LogP contribution in [0.4, 0.5) is 4.39 Å². The van der Waals surface area contributed by atoms with Crippen LogP contribution in [0.15, 0.2) is 82.0 Å². The van der Waals surface area contributed by atoms with E-state index in [2.05, 4.69) is 0 Å². The highest BCUT2D eigenvalue weighted by Gasteiger charge is 2.13. The second-order valence-corrected chi connectivity index (χ2v) is 6.33. The molecule has 0 atom stereocenters. The van der Waals surface area contributed by atoms with Crippen LogP contribution >= 0.6 is 0 Å². The molecule has 27 heavy (non-hydrogen) atoms. The maximum atomic E-state index is 13.0. The van der Waals surface area contributed by atoms with Crippen molar-refractivity contribution in [3.8, 4) is 16.9 Å². The molecule has 3 nitrogen and oxygen atoms in total. The molecule has 1 heterocycles. The van der Waals surface area contributed by atoms with Gasteiger partial charge in [-0.2, -0.15) is 0 Å². The number of ether oxygens (including phenoxy) is 1. The Labute approximate surface area is 155 Å². The van der Waals surface area contributed by atoms with E-state index in [1.54, 1.807) is 24.3 Å². The van der Waals surface area contributed by atoms with Gasteiger partial charge < -0.3 is 9.15 Å². The first-order chi connectivity index (χ1) is 13.1. The van der Waals surface area contributed by atoms with Gasteiger partial charge in [0.15, 0.2) is 0 Å². The van der Waals surface area contributed by atoms with Gasteiger partial charge >= 0.3 is 5.63 Å². The van der Waals surface area contributed by atoms with Crippen molar-refractivity contribution >= 4 is 11.0 Å². The van der Waals surface area contributed by atoms with Gasteiger partial charge in [-0.1, -0.05) is 42.5 Å². The molecule has 134 valence electrons. The van der Waals surface area contributed by atoms with Crippen molar-refractivity contribution in [1.82, 2.24) is 0 Å². The molecule has 0 unspecified atom stereocenters. The number of hydrogen-bond acceptors (Lipinski definition) is 3. The number of rotatable bonds is 4. The van der Waals surface area contributed by atoms with E-state index in [0.717, 1.165) is 22.1 Å². The Hall–Kier alpha value is -3.40. The van der Waals surface area contributed by atoms with E-state index in [4.69, 9.17) is 9.15 Å². The molecule has 4 aromatic rings. The van der Waals surface area contributed by atoms with Crippen molar-refractivity contribution in [2.75, 3.05) is 0 Å². The molecule has 4 rings (SSSR count). The molecule has 4 heteroatoms. The van der Waals surface area contributed by atoms with E-state index in [1.165, 1.54) is 12.1 Å². The third kappa shape index (κ3) is 3.47. The zero-order valence-corrected chi connectivity index (χ0v) is 14.7. The van der Waals surface area contributed by atoms with Crippen LogP contribution in [0.1, 0.15) is 11.1 Å². The Kier molecular flexibility index (Phi) is 4.47. The lowest BCUT2D eigenvalue weighted by Gasteiger charge is -2.11. The number of halogens is 1. The van der Waals surface area contributed by atoms with Gasteiger partial charge in [-0.15, -0.1) is 0 Å². The van der Waals surface area contributed by atoms with Crippen molar-refractivity contribution in [2.24, 2.45) is 0 Å². The molecule has 0 fully saturated rings. The molecule has 0 spiro atoms. The first-order valence-electron chi connectivity index (χ1n) is 8.62. The fourth-order valence-electron chi connectivity index (χ4n) is 3.11. The van der Waals surface area contributed by atoms with Crippen LogP contribution < -0.4 is 10.4 Å². The molecule has 3 aromatic carbocycles. The lowest BCUT2D eigenvalue weighted by atomic mass is 9.99. The second kappa shape index (κ2) is 7.08. The SMILES string of the molecule is Cc1c(-c2ccccc2)c(=O)oc2ccc(OCc3ccc(F)cc3)cc12. The van der Waals surface area contributed by atoms with Gasteiger partial charge in [0.1, 0.15) is 23.8 Å². The molecule has 0 radical (unpaired) electrons. The second-order valence-electron chi connectivity index (χ2n) is 6.33. The van der Waals surface area contributed by atoms with Crippen LogP contribution in [0.2, 0.25) is 0 Å². The summed E-state index contributed by atoms with van der Waals surface area (Å²) in [6.07, 6.45) is 0. The third-order valence-corrected chi connectivity index (χ3v) is 4.52. The molecular weight excluding hydrogens is 343 g/mol. The number of fused-ring (bicyclic) bond motifs is 1. The lowest BCUT2D eigenvalue weighted by molar-refractivity contribution is 0.306. The van der Waals surface area contributed by atoms with Gasteiger partial charge in [0.2, 0.25) is 0 Å². The Morgan fingerprint density at radius 1 is 0.963 bits per heavy atom. The molecule has 0 bridgehead atoms. The number of benzene rings is 3. The van der Waals surface area contributed by atoms with E-state index < -0.39 is 0 Å². The minimum Gasteiger partial charge on any atom is -0.489 e. The number of aryl methyl sites for hydroxylation is 1. The lowest BCUT2D eigenvalue weighted by Crippen LogP contribution is -2.06. The zero-order chi connectivity index (χ0) is 18.8. The van der Waals surface area contributed by atoms with Crippen LogP contribution in [0, 0.1) is 12.7 Å². The summed E-state index contributed by atoms with van der Waals surface area (Å²) in [7, 11) is 0. The molecule has 0 saturated heterocycles. The fourth-order valence-corrected chi connectivity index (χ4v) is 3.11. The van der Waals surface area contributed by atoms with Gasteiger partial charge in [-0.3, -0.25) is 0 Å². The Morgan fingerprint density at radius 3 is 2.44 bits per heavy atom. The largest absolute Gasteiger partial charge is 0.489 e. The maximum Gasteiger partial charge on any atom is 0.344 e. The van der Waals surface area contributed by atoms with Crippen molar-refractivity contribution in [3.05, 3.63) is 100 Å². The van der Waals surface area contributed by atoms with Crippen LogP contribution in [0.3, 0.4) is 0 Å². The van der Waals surface area contributed by atoms with E-state index in [1.807, 2.05) is 43.3 Å². The third-order valence-electron chi connectivity index (χ3n) is 4.52. The predicted octanol–water partition coefficient (Wildman–Crippen LogP) is 5.49. The highest BCUT2D eigenvalue weighted by atomic mass is 19.1. The van der Waals surface area contributed by atoms with E-state index in [-0.39, 0.29) is 11.4 Å². The molecule has 0 N–H and O–H groups in total. The highest BCUT2D eigenvalue weighted by Crippen LogP contribution is 2.29. The molecule has 0 amide bonds. The van der Waals surface area contributed by atoms with Crippen molar-refractivity contribution in [1.29, 1.82) is 0 Å². The minimum absolute atomic E-state index is 0.274. The highest BCUT2D eigenvalue weighted by molar-refractivity contribution is 5.87. The molecule has 0 aliphatic rings. The number of hydrogen-bond donors (Lipinski definition) is 0. The van der Waals surface area contributed by atoms with E-state index >= 15 is 0 Å². The summed E-state index contributed by atoms with van der Waals surface area (Å²) in [5.41, 5.74) is 3.26. The topological polar surface area (TPSA) is 39.4 Å². The minimum atomic E-state index is -0.355. The Morgan fingerprint density at radius 2 is 1.70 bits per heavy atom. The summed E-state index contributed by atoms with van der Waals surface area (Å²) >= 11 is 0. The van der Waals surface area contributed by atoms with Crippen molar-refractivity contribution in [2.45, 2.75) is 13.5 Å². The maximum absolute atomic E-state index is 13.0. The molecule has 0 aliphatic carbocycles. The zero-order valence-electron chi connectivity index (χ0n) is 14.7. The van der Waals surface area contributed by atoms with Crippen molar-refractivity contribution in [3.63, 3.8) is 0 Å². The first kappa shape index (κ1) is 17.0. The van der Waals surface area contributed by atoms with Gasteiger partial charge in [0, 0.05) is 5.39 Å². The fraction of sp³-hybridized carbons (Fsp3) is 0.0870. The van der Waals surface area contributed by atoms with Gasteiger partial charge in [0.25, 0.3) is 0 Å². The summed E-state index contributed by atoms with van der Waals surface area (Å²) in [6, 6.07) is 21.0. The van der Waals surface area contributed by atoms with Gasteiger partial charge in [-0.05, 0) is 53.9 Å². The van der Waals surface area contributed by atoms with Crippen LogP contribution in [-0.2, 0) is 6.61 Å². The molecule has 1 aromatic heterocycles. The quantitative estimate of drug-likeness (QED) is 0.452. The summed E-state index contributed by atoms with van der Waals surface area (Å²) in [5.74, 6) is 0.381. The monoisotopic (exact) mass is 360 g/mol. The normalized spacial score (nSPS) is 10.9. The summed E-state index contributed by atoms with van der Waals surface area (Å²) in [6.45, 7) is 2.23. The van der Waals surface area contributed by atoms with E-state index in [9.17, 15) is 9.18 Å². The van der Waals surface area contributed by atoms with Crippen LogP contribution in [-0.4, -0.2) is 0 Å². The summed E-state index contributed by atoms with van der Waals surface area (Å²) in [4.78, 5) is 12.4. The molecule has 0 aliphatic heterocycles. The molecular formula is C23H17FO3.